The first-order valence-electron chi connectivity index (χ1n) is 8.99. The summed E-state index contributed by atoms with van der Waals surface area (Å²) in [6.07, 6.45) is 3.67. The molecular weight excluding hydrogens is 381 g/mol. The van der Waals surface area contributed by atoms with Crippen LogP contribution in [0.25, 0.3) is 10.2 Å². The number of nitrogens with one attached hydrogen (secondary N) is 1. The molecule has 1 aliphatic heterocycles. The number of carbonyl (C=O) groups excluding carboxylic acids is 1. The van der Waals surface area contributed by atoms with E-state index in [1.54, 1.807) is 18.2 Å². The van der Waals surface area contributed by atoms with E-state index in [0.29, 0.717) is 35.9 Å². The maximum atomic E-state index is 13.5. The summed E-state index contributed by atoms with van der Waals surface area (Å²) in [6, 6.07) is 3.08. The minimum Gasteiger partial charge on any atom is -0.383 e. The Bertz CT molecular complexity index is 1010. The number of methoxy groups -OCH3 is 1. The summed E-state index contributed by atoms with van der Waals surface area (Å²) in [6.45, 7) is 3.07. The highest BCUT2D eigenvalue weighted by Gasteiger charge is 2.34. The molecule has 1 N–H and O–H groups in total. The zero-order valence-electron chi connectivity index (χ0n) is 15.6. The van der Waals surface area contributed by atoms with E-state index in [4.69, 9.17) is 4.74 Å². The first kappa shape index (κ1) is 18.7. The van der Waals surface area contributed by atoms with Gasteiger partial charge in [0.1, 0.15) is 5.82 Å². The van der Waals surface area contributed by atoms with E-state index >= 15 is 0 Å². The summed E-state index contributed by atoms with van der Waals surface area (Å²) in [5.41, 5.74) is 1.76. The van der Waals surface area contributed by atoms with E-state index in [0.717, 1.165) is 17.3 Å². The van der Waals surface area contributed by atoms with Gasteiger partial charge in [0, 0.05) is 19.9 Å². The molecule has 1 aliphatic rings. The third-order valence-electron chi connectivity index (χ3n) is 4.84. The average Bonchev–Trinajstić information content (AvgIpc) is 3.13. The van der Waals surface area contributed by atoms with Crippen molar-refractivity contribution >= 4 is 33.4 Å². The molecule has 28 heavy (non-hydrogen) atoms. The molecule has 0 saturated carbocycles. The lowest BCUT2D eigenvalue weighted by atomic mass is 10.0. The lowest BCUT2D eigenvalue weighted by Gasteiger charge is -2.40. The molecule has 1 fully saturated rings. The van der Waals surface area contributed by atoms with Gasteiger partial charge in [0.25, 0.3) is 5.91 Å². The maximum Gasteiger partial charge on any atom is 0.274 e. The molecule has 4 rings (SSSR count). The number of hydrogen-bond acceptors (Lipinski definition) is 7. The summed E-state index contributed by atoms with van der Waals surface area (Å²) in [4.78, 5) is 27.7. The van der Waals surface area contributed by atoms with Gasteiger partial charge in [0.05, 0.1) is 35.1 Å². The fourth-order valence-electron chi connectivity index (χ4n) is 3.22. The SMILES string of the molecule is COC[C@@H]1CCN1C(=O)c1nc(N[C@@H](C)c2cncc(F)c2)nc2ccsc12. The Morgan fingerprint density at radius 2 is 2.32 bits per heavy atom. The molecule has 0 radical (unpaired) electrons. The van der Waals surface area contributed by atoms with Crippen molar-refractivity contribution in [2.24, 2.45) is 0 Å². The third-order valence-corrected chi connectivity index (χ3v) is 5.75. The van der Waals surface area contributed by atoms with Crippen molar-refractivity contribution in [3.63, 3.8) is 0 Å². The summed E-state index contributed by atoms with van der Waals surface area (Å²) in [7, 11) is 1.63. The zero-order valence-corrected chi connectivity index (χ0v) is 16.4. The molecule has 0 aliphatic carbocycles. The van der Waals surface area contributed by atoms with Gasteiger partial charge in [0.2, 0.25) is 5.95 Å². The summed E-state index contributed by atoms with van der Waals surface area (Å²) < 4.78 is 19.4. The normalized spacial score (nSPS) is 17.4. The lowest BCUT2D eigenvalue weighted by Crippen LogP contribution is -2.53. The molecule has 1 amide bonds. The van der Waals surface area contributed by atoms with E-state index in [2.05, 4.69) is 20.3 Å². The minimum atomic E-state index is -0.404. The molecule has 0 bridgehead atoms. The lowest BCUT2D eigenvalue weighted by molar-refractivity contribution is 0.0199. The highest BCUT2D eigenvalue weighted by atomic mass is 32.1. The number of anilines is 1. The van der Waals surface area contributed by atoms with Crippen LogP contribution in [0.15, 0.2) is 29.9 Å². The number of aromatic nitrogens is 3. The Morgan fingerprint density at radius 1 is 1.46 bits per heavy atom. The first-order valence-corrected chi connectivity index (χ1v) is 9.87. The van der Waals surface area contributed by atoms with Crippen molar-refractivity contribution in [2.75, 3.05) is 25.6 Å². The van der Waals surface area contributed by atoms with Gasteiger partial charge >= 0.3 is 0 Å². The molecule has 9 heteroatoms. The quantitative estimate of drug-likeness (QED) is 0.683. The first-order chi connectivity index (χ1) is 13.6. The predicted molar refractivity (Wildman–Crippen MR) is 105 cm³/mol. The summed E-state index contributed by atoms with van der Waals surface area (Å²) in [5.74, 6) is -0.195. The molecule has 7 nitrogen and oxygen atoms in total. The van der Waals surface area contributed by atoms with Crippen LogP contribution >= 0.6 is 11.3 Å². The second-order valence-electron chi connectivity index (χ2n) is 6.73. The van der Waals surface area contributed by atoms with E-state index in [1.807, 2.05) is 18.4 Å². The summed E-state index contributed by atoms with van der Waals surface area (Å²) in [5, 5.41) is 5.05. The van der Waals surface area contributed by atoms with E-state index in [1.165, 1.54) is 17.4 Å². The molecule has 3 aromatic rings. The molecule has 0 aromatic carbocycles. The van der Waals surface area contributed by atoms with Crippen LogP contribution in [0.3, 0.4) is 0 Å². The van der Waals surface area contributed by atoms with Crippen LogP contribution in [0.1, 0.15) is 35.4 Å². The van der Waals surface area contributed by atoms with Crippen LogP contribution in [-0.4, -0.2) is 52.1 Å². The number of amides is 1. The molecule has 2 atom stereocenters. The monoisotopic (exact) mass is 401 g/mol. The number of pyridine rings is 1. The Morgan fingerprint density at radius 3 is 3.04 bits per heavy atom. The van der Waals surface area contributed by atoms with Crippen LogP contribution in [0.2, 0.25) is 0 Å². The second-order valence-corrected chi connectivity index (χ2v) is 7.65. The second kappa shape index (κ2) is 7.76. The molecule has 1 saturated heterocycles. The largest absolute Gasteiger partial charge is 0.383 e. The van der Waals surface area contributed by atoms with Gasteiger partial charge in [-0.2, -0.15) is 0 Å². The number of rotatable bonds is 6. The number of hydrogen-bond donors (Lipinski definition) is 1. The summed E-state index contributed by atoms with van der Waals surface area (Å²) >= 11 is 1.44. The van der Waals surface area contributed by atoms with Gasteiger partial charge in [0.15, 0.2) is 5.69 Å². The molecule has 146 valence electrons. The minimum absolute atomic E-state index is 0.0798. The number of fused-ring (bicyclic) bond motifs is 1. The van der Waals surface area contributed by atoms with Crippen LogP contribution < -0.4 is 5.32 Å². The highest BCUT2D eigenvalue weighted by molar-refractivity contribution is 7.17. The average molecular weight is 401 g/mol. The van der Waals surface area contributed by atoms with Gasteiger partial charge in [-0.1, -0.05) is 0 Å². The number of carbonyl (C=O) groups is 1. The van der Waals surface area contributed by atoms with Crippen molar-refractivity contribution in [1.82, 2.24) is 19.9 Å². The van der Waals surface area contributed by atoms with Crippen molar-refractivity contribution in [2.45, 2.75) is 25.4 Å². The Balaban J connectivity index is 1.63. The Kier molecular flexibility index (Phi) is 5.19. The fourth-order valence-corrected chi connectivity index (χ4v) is 4.04. The van der Waals surface area contributed by atoms with Crippen LogP contribution in [-0.2, 0) is 4.74 Å². The van der Waals surface area contributed by atoms with E-state index in [-0.39, 0.29) is 18.0 Å². The van der Waals surface area contributed by atoms with Crippen molar-refractivity contribution in [1.29, 1.82) is 0 Å². The number of likely N-dealkylation sites (tertiary alicyclic amines) is 1. The van der Waals surface area contributed by atoms with Crippen LogP contribution in [0, 0.1) is 5.82 Å². The standard InChI is InChI=1S/C19H20FN5O2S/c1-11(12-7-13(20)9-21-8-12)22-19-23-15-4-6-28-17(15)16(24-19)18(26)25-5-3-14(25)10-27-2/h4,6-9,11,14H,3,5,10H2,1-2H3,(H,22,23,24)/t11-,14-/m0/s1. The zero-order chi connectivity index (χ0) is 19.7. The third kappa shape index (κ3) is 3.55. The topological polar surface area (TPSA) is 80.2 Å². The van der Waals surface area contributed by atoms with Crippen molar-refractivity contribution in [3.8, 4) is 0 Å². The van der Waals surface area contributed by atoms with E-state index in [9.17, 15) is 9.18 Å². The molecule has 0 spiro atoms. The van der Waals surface area contributed by atoms with Crippen molar-refractivity contribution < 1.29 is 13.9 Å². The fraction of sp³-hybridized carbons (Fsp3) is 0.368. The van der Waals surface area contributed by atoms with Gasteiger partial charge in [-0.25, -0.2) is 14.4 Å². The predicted octanol–water partition coefficient (Wildman–Crippen LogP) is 3.26. The van der Waals surface area contributed by atoms with Crippen LogP contribution in [0.4, 0.5) is 10.3 Å². The number of nitrogens with zero attached hydrogens (tertiary/aromatic N) is 4. The number of ether oxygens (including phenoxy) is 1. The highest BCUT2D eigenvalue weighted by Crippen LogP contribution is 2.29. The van der Waals surface area contributed by atoms with Gasteiger partial charge < -0.3 is 15.0 Å². The molecule has 3 aromatic heterocycles. The Labute approximate surface area is 165 Å². The molecule has 0 unspecified atom stereocenters. The maximum absolute atomic E-state index is 13.5. The van der Waals surface area contributed by atoms with Gasteiger partial charge in [-0.3, -0.25) is 9.78 Å². The smallest absolute Gasteiger partial charge is 0.274 e. The van der Waals surface area contributed by atoms with Gasteiger partial charge in [-0.05, 0) is 36.4 Å². The number of halogens is 1. The van der Waals surface area contributed by atoms with Gasteiger partial charge in [-0.15, -0.1) is 11.3 Å². The Hall–Kier alpha value is -2.65. The number of thiophene rings is 1. The molecule has 4 heterocycles. The van der Waals surface area contributed by atoms with Crippen molar-refractivity contribution in [3.05, 3.63) is 47.0 Å². The van der Waals surface area contributed by atoms with Crippen LogP contribution in [0.5, 0.6) is 0 Å². The molecular formula is C19H20FN5O2S. The van der Waals surface area contributed by atoms with E-state index < -0.39 is 5.82 Å².